The largest absolute Gasteiger partial charge is 0.487 e. The van der Waals surface area contributed by atoms with Crippen molar-refractivity contribution < 1.29 is 13.9 Å². The molecule has 0 fully saturated rings. The zero-order valence-electron chi connectivity index (χ0n) is 18.4. The van der Waals surface area contributed by atoms with Crippen LogP contribution in [0.3, 0.4) is 0 Å². The highest BCUT2D eigenvalue weighted by atomic mass is 35.5. The van der Waals surface area contributed by atoms with Gasteiger partial charge in [-0.1, -0.05) is 48.0 Å². The van der Waals surface area contributed by atoms with E-state index in [1.54, 1.807) is 30.3 Å². The second kappa shape index (κ2) is 9.91. The third-order valence-electron chi connectivity index (χ3n) is 5.47. The topological polar surface area (TPSA) is 64.1 Å². The highest BCUT2D eigenvalue weighted by Crippen LogP contribution is 2.32. The molecule has 0 atom stereocenters. The Labute approximate surface area is 206 Å². The van der Waals surface area contributed by atoms with Crippen LogP contribution in [0.25, 0.3) is 22.0 Å². The van der Waals surface area contributed by atoms with Crippen molar-refractivity contribution in [2.75, 3.05) is 5.32 Å². The van der Waals surface area contributed by atoms with E-state index in [9.17, 15) is 9.18 Å². The summed E-state index contributed by atoms with van der Waals surface area (Å²) in [6, 6.07) is 24.8. The highest BCUT2D eigenvalue weighted by Gasteiger charge is 2.10. The Morgan fingerprint density at radius 3 is 2.60 bits per heavy atom. The Balaban J connectivity index is 1.39. The first kappa shape index (κ1) is 22.5. The lowest BCUT2D eigenvalue weighted by molar-refractivity contribution is 0.112. The van der Waals surface area contributed by atoms with E-state index in [2.05, 4.69) is 15.3 Å². The summed E-state index contributed by atoms with van der Waals surface area (Å²) in [5.41, 5.74) is 4.69. The number of hydrogen-bond acceptors (Lipinski definition) is 5. The summed E-state index contributed by atoms with van der Waals surface area (Å²) in [5, 5.41) is 4.54. The predicted molar refractivity (Wildman–Crippen MR) is 136 cm³/mol. The maximum absolute atomic E-state index is 13.4. The van der Waals surface area contributed by atoms with Gasteiger partial charge in [0.1, 0.15) is 36.6 Å². The fourth-order valence-corrected chi connectivity index (χ4v) is 3.98. The van der Waals surface area contributed by atoms with Gasteiger partial charge in [0.25, 0.3) is 0 Å². The summed E-state index contributed by atoms with van der Waals surface area (Å²) in [5.74, 6) is 0.799. The Bertz CT molecular complexity index is 1540. The first-order valence-electron chi connectivity index (χ1n) is 10.8. The maximum atomic E-state index is 13.4. The summed E-state index contributed by atoms with van der Waals surface area (Å²) in [6.45, 7) is 0.203. The van der Waals surface area contributed by atoms with Crippen LogP contribution in [0.15, 0.2) is 91.3 Å². The third-order valence-corrected chi connectivity index (χ3v) is 5.76. The van der Waals surface area contributed by atoms with Crippen LogP contribution in [-0.4, -0.2) is 16.3 Å². The van der Waals surface area contributed by atoms with Crippen molar-refractivity contribution in [3.8, 4) is 16.9 Å². The number of halogens is 2. The number of rotatable bonds is 7. The number of nitrogens with zero attached hydrogens (tertiary/aromatic N) is 2. The number of ether oxygens (including phenoxy) is 1. The van der Waals surface area contributed by atoms with Gasteiger partial charge in [-0.05, 0) is 65.2 Å². The van der Waals surface area contributed by atoms with Crippen LogP contribution < -0.4 is 10.1 Å². The monoisotopic (exact) mass is 483 g/mol. The molecule has 0 saturated heterocycles. The van der Waals surface area contributed by atoms with E-state index in [0.717, 1.165) is 34.0 Å². The quantitative estimate of drug-likeness (QED) is 0.247. The van der Waals surface area contributed by atoms with E-state index in [1.807, 2.05) is 42.5 Å². The van der Waals surface area contributed by atoms with Gasteiger partial charge in [-0.3, -0.25) is 4.79 Å². The van der Waals surface area contributed by atoms with Crippen molar-refractivity contribution in [2.24, 2.45) is 0 Å². The van der Waals surface area contributed by atoms with Crippen molar-refractivity contribution in [2.45, 2.75) is 6.61 Å². The molecule has 5 nitrogen and oxygen atoms in total. The van der Waals surface area contributed by atoms with Gasteiger partial charge in [-0.25, -0.2) is 14.4 Å². The standard InChI is InChI=1S/C28H19ClFN3O2/c29-25-14-23(8-10-27(25)35-16-19-4-2-6-22(30)12-19)33-28-24-13-21(7-9-26(24)31-17-32-28)20-5-1-3-18(11-20)15-34/h1-15,17H,16H2,(H,31,32,33). The molecule has 7 heteroatoms. The third kappa shape index (κ3) is 5.13. The normalized spacial score (nSPS) is 10.8. The van der Waals surface area contributed by atoms with Gasteiger partial charge >= 0.3 is 0 Å². The smallest absolute Gasteiger partial charge is 0.150 e. The van der Waals surface area contributed by atoms with Crippen LogP contribution in [0.1, 0.15) is 15.9 Å². The molecule has 0 spiro atoms. The minimum atomic E-state index is -0.312. The molecule has 0 aliphatic carbocycles. The lowest BCUT2D eigenvalue weighted by atomic mass is 10.0. The Kier molecular flexibility index (Phi) is 6.37. The van der Waals surface area contributed by atoms with Gasteiger partial charge < -0.3 is 10.1 Å². The van der Waals surface area contributed by atoms with Gasteiger partial charge in [-0.2, -0.15) is 0 Å². The average molecular weight is 484 g/mol. The zero-order chi connectivity index (χ0) is 24.2. The number of carbonyl (C=O) groups excluding carboxylic acids is 1. The zero-order valence-corrected chi connectivity index (χ0v) is 19.2. The van der Waals surface area contributed by atoms with Crippen molar-refractivity contribution in [1.29, 1.82) is 0 Å². The molecule has 172 valence electrons. The van der Waals surface area contributed by atoms with Crippen LogP contribution in [-0.2, 0) is 6.61 Å². The first-order chi connectivity index (χ1) is 17.1. The summed E-state index contributed by atoms with van der Waals surface area (Å²) >= 11 is 6.44. The number of aldehydes is 1. The van der Waals surface area contributed by atoms with E-state index in [4.69, 9.17) is 16.3 Å². The second-order valence-electron chi connectivity index (χ2n) is 7.89. The molecule has 35 heavy (non-hydrogen) atoms. The lowest BCUT2D eigenvalue weighted by Crippen LogP contribution is -1.99. The number of benzene rings is 4. The molecule has 1 N–H and O–H groups in total. The molecule has 5 rings (SSSR count). The van der Waals surface area contributed by atoms with Crippen LogP contribution >= 0.6 is 11.6 Å². The van der Waals surface area contributed by atoms with Crippen molar-refractivity contribution in [3.63, 3.8) is 0 Å². The number of carbonyl (C=O) groups is 1. The fourth-order valence-electron chi connectivity index (χ4n) is 3.75. The van der Waals surface area contributed by atoms with E-state index in [0.29, 0.717) is 27.7 Å². The van der Waals surface area contributed by atoms with E-state index in [-0.39, 0.29) is 12.4 Å². The van der Waals surface area contributed by atoms with Gasteiger partial charge in [0.2, 0.25) is 0 Å². The SMILES string of the molecule is O=Cc1cccc(-c2ccc3ncnc(Nc4ccc(OCc5cccc(F)c5)c(Cl)c4)c3c2)c1. The molecule has 0 amide bonds. The highest BCUT2D eigenvalue weighted by molar-refractivity contribution is 6.32. The molecule has 4 aromatic carbocycles. The molecule has 0 radical (unpaired) electrons. The number of anilines is 2. The minimum Gasteiger partial charge on any atom is -0.487 e. The summed E-state index contributed by atoms with van der Waals surface area (Å²) in [4.78, 5) is 20.0. The molecule has 0 bridgehead atoms. The summed E-state index contributed by atoms with van der Waals surface area (Å²) in [6.07, 6.45) is 2.32. The van der Waals surface area contributed by atoms with Crippen molar-refractivity contribution in [1.82, 2.24) is 9.97 Å². The van der Waals surface area contributed by atoms with Gasteiger partial charge in [0.15, 0.2) is 0 Å². The second-order valence-corrected chi connectivity index (χ2v) is 8.29. The Morgan fingerprint density at radius 2 is 1.77 bits per heavy atom. The molecule has 0 unspecified atom stereocenters. The molecule has 1 aromatic heterocycles. The summed E-state index contributed by atoms with van der Waals surface area (Å²) < 4.78 is 19.1. The Hall–Kier alpha value is -4.29. The number of nitrogens with one attached hydrogen (secondary N) is 1. The average Bonchev–Trinajstić information content (AvgIpc) is 2.88. The minimum absolute atomic E-state index is 0.203. The van der Waals surface area contributed by atoms with Gasteiger partial charge in [0, 0.05) is 16.6 Å². The summed E-state index contributed by atoms with van der Waals surface area (Å²) in [7, 11) is 0. The molecule has 0 saturated carbocycles. The lowest BCUT2D eigenvalue weighted by Gasteiger charge is -2.12. The van der Waals surface area contributed by atoms with Crippen LogP contribution in [0.5, 0.6) is 5.75 Å². The van der Waals surface area contributed by atoms with E-state index >= 15 is 0 Å². The molecule has 0 aliphatic rings. The molecular formula is C28H19ClFN3O2. The molecule has 5 aromatic rings. The van der Waals surface area contributed by atoms with Gasteiger partial charge in [0.05, 0.1) is 10.5 Å². The molecule has 0 aliphatic heterocycles. The first-order valence-corrected chi connectivity index (χ1v) is 11.2. The van der Waals surface area contributed by atoms with Crippen LogP contribution in [0.4, 0.5) is 15.9 Å². The van der Waals surface area contributed by atoms with Crippen LogP contribution in [0.2, 0.25) is 5.02 Å². The predicted octanol–water partition coefficient (Wildman–Crippen LogP) is 7.22. The van der Waals surface area contributed by atoms with Crippen LogP contribution in [0, 0.1) is 5.82 Å². The number of aromatic nitrogens is 2. The molecule has 1 heterocycles. The van der Waals surface area contributed by atoms with E-state index in [1.165, 1.54) is 18.5 Å². The van der Waals surface area contributed by atoms with Crippen molar-refractivity contribution in [3.05, 3.63) is 113 Å². The maximum Gasteiger partial charge on any atom is 0.150 e. The number of hydrogen-bond donors (Lipinski definition) is 1. The van der Waals surface area contributed by atoms with E-state index < -0.39 is 0 Å². The fraction of sp³-hybridized carbons (Fsp3) is 0.0357. The van der Waals surface area contributed by atoms with Gasteiger partial charge in [-0.15, -0.1) is 0 Å². The Morgan fingerprint density at radius 1 is 0.914 bits per heavy atom. The molecular weight excluding hydrogens is 465 g/mol. The van der Waals surface area contributed by atoms with Crippen molar-refractivity contribution >= 4 is 40.3 Å². The number of fused-ring (bicyclic) bond motifs is 1.